The Kier molecular flexibility index (Phi) is 2.33. The van der Waals surface area contributed by atoms with Crippen molar-refractivity contribution in [3.8, 4) is 0 Å². The van der Waals surface area contributed by atoms with Crippen LogP contribution < -0.4 is 0 Å². The number of carbonyl (C=O) groups is 1. The van der Waals surface area contributed by atoms with E-state index in [2.05, 4.69) is 10.1 Å². The highest BCUT2D eigenvalue weighted by atomic mass is 16.1. The fourth-order valence-electron chi connectivity index (χ4n) is 1.28. The molecule has 4 heteroatoms. The first-order valence-corrected chi connectivity index (χ1v) is 4.66. The van der Waals surface area contributed by atoms with Crippen molar-refractivity contribution in [3.63, 3.8) is 0 Å². The SMILES string of the molecule is Cc1nc(C(=O)c2ccccc2)nn1C. The van der Waals surface area contributed by atoms with Gasteiger partial charge in [-0.3, -0.25) is 9.48 Å². The molecule has 0 N–H and O–H groups in total. The van der Waals surface area contributed by atoms with Crippen LogP contribution in [0, 0.1) is 6.92 Å². The van der Waals surface area contributed by atoms with Crippen molar-refractivity contribution in [1.29, 1.82) is 0 Å². The molecule has 1 aromatic heterocycles. The van der Waals surface area contributed by atoms with Gasteiger partial charge in [0.1, 0.15) is 5.82 Å². The Morgan fingerprint density at radius 3 is 2.47 bits per heavy atom. The summed E-state index contributed by atoms with van der Waals surface area (Å²) in [5, 5.41) is 4.04. The topological polar surface area (TPSA) is 47.8 Å². The number of nitrogens with zero attached hydrogens (tertiary/aromatic N) is 3. The molecule has 0 unspecified atom stereocenters. The average molecular weight is 201 g/mol. The molecule has 0 aliphatic carbocycles. The molecule has 76 valence electrons. The van der Waals surface area contributed by atoms with Gasteiger partial charge in [-0.05, 0) is 6.92 Å². The first-order valence-electron chi connectivity index (χ1n) is 4.66. The van der Waals surface area contributed by atoms with Crippen LogP contribution in [-0.4, -0.2) is 20.5 Å². The lowest BCUT2D eigenvalue weighted by atomic mass is 10.1. The fourth-order valence-corrected chi connectivity index (χ4v) is 1.28. The van der Waals surface area contributed by atoms with Crippen molar-refractivity contribution in [1.82, 2.24) is 14.8 Å². The standard InChI is InChI=1S/C11H11N3O/c1-8-12-11(13-14(8)2)10(15)9-6-4-3-5-7-9/h3-7H,1-2H3. The molecule has 0 fully saturated rings. The smallest absolute Gasteiger partial charge is 0.232 e. The number of carbonyl (C=O) groups excluding carboxylic acids is 1. The van der Waals surface area contributed by atoms with E-state index in [0.29, 0.717) is 5.56 Å². The van der Waals surface area contributed by atoms with Crippen molar-refractivity contribution in [2.45, 2.75) is 6.92 Å². The molecule has 0 atom stereocenters. The van der Waals surface area contributed by atoms with Crippen molar-refractivity contribution < 1.29 is 4.79 Å². The van der Waals surface area contributed by atoms with Crippen molar-refractivity contribution in [3.05, 3.63) is 47.5 Å². The van der Waals surface area contributed by atoms with Gasteiger partial charge in [-0.15, -0.1) is 5.10 Å². The summed E-state index contributed by atoms with van der Waals surface area (Å²) in [6, 6.07) is 9.03. The molecule has 0 amide bonds. The van der Waals surface area contributed by atoms with E-state index in [1.54, 1.807) is 23.9 Å². The summed E-state index contributed by atoms with van der Waals surface area (Å²) in [5.74, 6) is 0.842. The van der Waals surface area contributed by atoms with Crippen LogP contribution in [0.5, 0.6) is 0 Å². The lowest BCUT2D eigenvalue weighted by Crippen LogP contribution is -2.04. The summed E-state index contributed by atoms with van der Waals surface area (Å²) in [4.78, 5) is 16.0. The predicted molar refractivity (Wildman–Crippen MR) is 55.6 cm³/mol. The molecular weight excluding hydrogens is 190 g/mol. The lowest BCUT2D eigenvalue weighted by molar-refractivity contribution is 0.102. The molecule has 0 spiro atoms. The minimum absolute atomic E-state index is 0.140. The van der Waals surface area contributed by atoms with Gasteiger partial charge >= 0.3 is 0 Å². The minimum atomic E-state index is -0.140. The number of benzene rings is 1. The molecule has 0 radical (unpaired) electrons. The van der Waals surface area contributed by atoms with Crippen LogP contribution in [0.25, 0.3) is 0 Å². The molecule has 1 aromatic carbocycles. The maximum Gasteiger partial charge on any atom is 0.232 e. The quantitative estimate of drug-likeness (QED) is 0.689. The van der Waals surface area contributed by atoms with Crippen LogP contribution in [0.3, 0.4) is 0 Å². The molecule has 2 rings (SSSR count). The zero-order valence-electron chi connectivity index (χ0n) is 8.64. The van der Waals surface area contributed by atoms with E-state index in [-0.39, 0.29) is 11.6 Å². The Morgan fingerprint density at radius 2 is 1.93 bits per heavy atom. The largest absolute Gasteiger partial charge is 0.285 e. The third-order valence-corrected chi connectivity index (χ3v) is 2.22. The van der Waals surface area contributed by atoms with E-state index in [4.69, 9.17) is 0 Å². The molecular formula is C11H11N3O. The molecule has 0 bridgehead atoms. The first-order chi connectivity index (χ1) is 7.18. The predicted octanol–water partition coefficient (Wildman–Crippen LogP) is 1.35. The van der Waals surface area contributed by atoms with Gasteiger partial charge in [0.25, 0.3) is 0 Å². The third kappa shape index (κ3) is 1.79. The second-order valence-electron chi connectivity index (χ2n) is 3.30. The van der Waals surface area contributed by atoms with Gasteiger partial charge in [-0.25, -0.2) is 4.98 Å². The van der Waals surface area contributed by atoms with E-state index in [1.165, 1.54) is 0 Å². The van der Waals surface area contributed by atoms with Crippen molar-refractivity contribution in [2.24, 2.45) is 7.05 Å². The number of aromatic nitrogens is 3. The lowest BCUT2D eigenvalue weighted by Gasteiger charge is -1.94. The summed E-state index contributed by atoms with van der Waals surface area (Å²) in [6.45, 7) is 1.81. The Labute approximate surface area is 87.6 Å². The minimum Gasteiger partial charge on any atom is -0.285 e. The van der Waals surface area contributed by atoms with Gasteiger partial charge in [0.2, 0.25) is 11.6 Å². The fraction of sp³-hybridized carbons (Fsp3) is 0.182. The van der Waals surface area contributed by atoms with Gasteiger partial charge in [-0.2, -0.15) is 0 Å². The van der Waals surface area contributed by atoms with Gasteiger partial charge in [0.05, 0.1) is 0 Å². The van der Waals surface area contributed by atoms with Crippen LogP contribution in [0.15, 0.2) is 30.3 Å². The number of hydrogen-bond acceptors (Lipinski definition) is 3. The van der Waals surface area contributed by atoms with E-state index >= 15 is 0 Å². The molecule has 0 aliphatic rings. The first kappa shape index (κ1) is 9.58. The van der Waals surface area contributed by atoms with Gasteiger partial charge < -0.3 is 0 Å². The summed E-state index contributed by atoms with van der Waals surface area (Å²) in [5.41, 5.74) is 0.614. The molecule has 4 nitrogen and oxygen atoms in total. The number of ketones is 1. The second-order valence-corrected chi connectivity index (χ2v) is 3.30. The highest BCUT2D eigenvalue weighted by Crippen LogP contribution is 2.05. The molecule has 0 aliphatic heterocycles. The zero-order chi connectivity index (χ0) is 10.8. The Morgan fingerprint density at radius 1 is 1.27 bits per heavy atom. The van der Waals surface area contributed by atoms with Crippen LogP contribution >= 0.6 is 0 Å². The molecule has 1 heterocycles. The van der Waals surface area contributed by atoms with E-state index in [9.17, 15) is 4.79 Å². The summed E-state index contributed by atoms with van der Waals surface area (Å²) < 4.78 is 1.59. The highest BCUT2D eigenvalue weighted by Gasteiger charge is 2.14. The van der Waals surface area contributed by atoms with E-state index in [1.807, 2.05) is 25.1 Å². The number of rotatable bonds is 2. The Balaban J connectivity index is 2.37. The summed E-state index contributed by atoms with van der Waals surface area (Å²) in [7, 11) is 1.77. The zero-order valence-corrected chi connectivity index (χ0v) is 8.64. The molecule has 0 saturated heterocycles. The number of hydrogen-bond donors (Lipinski definition) is 0. The van der Waals surface area contributed by atoms with E-state index < -0.39 is 0 Å². The van der Waals surface area contributed by atoms with E-state index in [0.717, 1.165) is 5.82 Å². The second kappa shape index (κ2) is 3.65. The van der Waals surface area contributed by atoms with Gasteiger partial charge in [0.15, 0.2) is 0 Å². The summed E-state index contributed by atoms with van der Waals surface area (Å²) >= 11 is 0. The Hall–Kier alpha value is -1.97. The Bertz CT molecular complexity index is 468. The van der Waals surface area contributed by atoms with Crippen molar-refractivity contribution in [2.75, 3.05) is 0 Å². The molecule has 15 heavy (non-hydrogen) atoms. The summed E-state index contributed by atoms with van der Waals surface area (Å²) in [6.07, 6.45) is 0. The van der Waals surface area contributed by atoms with Gasteiger partial charge in [0, 0.05) is 12.6 Å². The average Bonchev–Trinajstić information content (AvgIpc) is 2.59. The van der Waals surface area contributed by atoms with Crippen LogP contribution in [0.2, 0.25) is 0 Å². The van der Waals surface area contributed by atoms with Crippen LogP contribution in [0.1, 0.15) is 22.0 Å². The molecule has 0 saturated carbocycles. The maximum atomic E-state index is 11.9. The highest BCUT2D eigenvalue weighted by molar-refractivity contribution is 6.06. The number of aryl methyl sites for hydroxylation is 2. The maximum absolute atomic E-state index is 11.9. The van der Waals surface area contributed by atoms with Crippen molar-refractivity contribution >= 4 is 5.78 Å². The molecule has 2 aromatic rings. The normalized spacial score (nSPS) is 10.3. The third-order valence-electron chi connectivity index (χ3n) is 2.22. The van der Waals surface area contributed by atoms with Gasteiger partial charge in [-0.1, -0.05) is 30.3 Å². The monoisotopic (exact) mass is 201 g/mol. The van der Waals surface area contributed by atoms with Crippen LogP contribution in [-0.2, 0) is 7.05 Å². The van der Waals surface area contributed by atoms with Crippen LogP contribution in [0.4, 0.5) is 0 Å².